The van der Waals surface area contributed by atoms with Crippen molar-refractivity contribution in [2.45, 2.75) is 13.8 Å². The third-order valence-corrected chi connectivity index (χ3v) is 2.73. The summed E-state index contributed by atoms with van der Waals surface area (Å²) in [6, 6.07) is 12.0. The van der Waals surface area contributed by atoms with Crippen molar-refractivity contribution < 1.29 is 5.11 Å². The Morgan fingerprint density at radius 2 is 1.84 bits per heavy atom. The van der Waals surface area contributed by atoms with Crippen LogP contribution in [0.25, 0.3) is 17.3 Å². The Labute approximate surface area is 115 Å². The van der Waals surface area contributed by atoms with Gasteiger partial charge in [0, 0.05) is 17.4 Å². The third kappa shape index (κ3) is 3.24. The van der Waals surface area contributed by atoms with Crippen molar-refractivity contribution in [1.82, 2.24) is 4.57 Å². The fraction of sp³-hybridized carbons (Fsp3) is 0.176. The molecule has 0 radical (unpaired) electrons. The summed E-state index contributed by atoms with van der Waals surface area (Å²) in [5.41, 5.74) is 3.66. The van der Waals surface area contributed by atoms with E-state index in [4.69, 9.17) is 5.11 Å². The van der Waals surface area contributed by atoms with E-state index in [9.17, 15) is 0 Å². The first-order chi connectivity index (χ1) is 9.27. The number of hydrogen-bond donors (Lipinski definition) is 1. The molecule has 0 unspecified atom stereocenters. The summed E-state index contributed by atoms with van der Waals surface area (Å²) in [5, 5.41) is 9.14. The lowest BCUT2D eigenvalue weighted by Crippen LogP contribution is -1.97. The average Bonchev–Trinajstić information content (AvgIpc) is 2.93. The molecule has 2 rings (SSSR count). The van der Waals surface area contributed by atoms with E-state index in [0.717, 1.165) is 16.9 Å². The quantitative estimate of drug-likeness (QED) is 0.872. The standard InChI is InChI=1S/C15H15NO.C2H6/c1-3-15-14(12(2)11-17)9-10-16(15)13-7-5-4-6-8-13;1-2/h3-10,17H,1-2,11H2;1-2H3. The molecule has 0 amide bonds. The summed E-state index contributed by atoms with van der Waals surface area (Å²) >= 11 is 0. The molecule has 2 heteroatoms. The van der Waals surface area contributed by atoms with Gasteiger partial charge >= 0.3 is 0 Å². The Kier molecular flexibility index (Phi) is 5.83. The maximum atomic E-state index is 9.14. The number of benzene rings is 1. The molecule has 1 aromatic carbocycles. The van der Waals surface area contributed by atoms with Gasteiger partial charge in [0.25, 0.3) is 0 Å². The molecule has 19 heavy (non-hydrogen) atoms. The summed E-state index contributed by atoms with van der Waals surface area (Å²) in [6.45, 7) is 11.6. The van der Waals surface area contributed by atoms with Crippen LogP contribution < -0.4 is 0 Å². The van der Waals surface area contributed by atoms with Gasteiger partial charge in [0.2, 0.25) is 0 Å². The van der Waals surface area contributed by atoms with E-state index in [-0.39, 0.29) is 6.61 Å². The minimum absolute atomic E-state index is 0.0420. The first-order valence-electron chi connectivity index (χ1n) is 6.46. The summed E-state index contributed by atoms with van der Waals surface area (Å²) in [4.78, 5) is 0. The van der Waals surface area contributed by atoms with Gasteiger partial charge in [0.05, 0.1) is 12.3 Å². The van der Waals surface area contributed by atoms with Crippen LogP contribution >= 0.6 is 0 Å². The number of nitrogens with zero attached hydrogens (tertiary/aromatic N) is 1. The zero-order chi connectivity index (χ0) is 14.3. The van der Waals surface area contributed by atoms with Gasteiger partial charge in [-0.3, -0.25) is 0 Å². The van der Waals surface area contributed by atoms with Gasteiger partial charge in [0.15, 0.2) is 0 Å². The molecule has 0 spiro atoms. The van der Waals surface area contributed by atoms with Crippen molar-refractivity contribution in [3.63, 3.8) is 0 Å². The Morgan fingerprint density at radius 3 is 2.37 bits per heavy atom. The van der Waals surface area contributed by atoms with Crippen LogP contribution in [0.5, 0.6) is 0 Å². The molecule has 1 N–H and O–H groups in total. The monoisotopic (exact) mass is 255 g/mol. The maximum absolute atomic E-state index is 9.14. The van der Waals surface area contributed by atoms with Gasteiger partial charge < -0.3 is 9.67 Å². The molecule has 0 atom stereocenters. The molecular formula is C17H21NO. The highest BCUT2D eigenvalue weighted by Gasteiger charge is 2.09. The lowest BCUT2D eigenvalue weighted by atomic mass is 10.1. The van der Waals surface area contributed by atoms with E-state index >= 15 is 0 Å². The number of para-hydroxylation sites is 1. The Hall–Kier alpha value is -2.06. The van der Waals surface area contributed by atoms with E-state index in [1.165, 1.54) is 0 Å². The highest BCUT2D eigenvalue weighted by atomic mass is 16.3. The lowest BCUT2D eigenvalue weighted by molar-refractivity contribution is 0.350. The summed E-state index contributed by atoms with van der Waals surface area (Å²) in [5.74, 6) is 0. The van der Waals surface area contributed by atoms with E-state index in [2.05, 4.69) is 13.2 Å². The van der Waals surface area contributed by atoms with Crippen LogP contribution in [0.3, 0.4) is 0 Å². The van der Waals surface area contributed by atoms with Crippen LogP contribution in [0.2, 0.25) is 0 Å². The van der Waals surface area contributed by atoms with Crippen LogP contribution in [-0.2, 0) is 0 Å². The Bertz CT molecular complexity index is 538. The van der Waals surface area contributed by atoms with Crippen LogP contribution in [0, 0.1) is 0 Å². The smallest absolute Gasteiger partial charge is 0.0682 e. The summed E-state index contributed by atoms with van der Waals surface area (Å²) < 4.78 is 2.03. The van der Waals surface area contributed by atoms with Gasteiger partial charge in [0.1, 0.15) is 0 Å². The highest BCUT2D eigenvalue weighted by Crippen LogP contribution is 2.23. The van der Waals surface area contributed by atoms with Gasteiger partial charge in [-0.05, 0) is 29.8 Å². The molecule has 0 fully saturated rings. The molecule has 2 nitrogen and oxygen atoms in total. The van der Waals surface area contributed by atoms with E-state index in [1.54, 1.807) is 6.08 Å². The first kappa shape index (κ1) is 15.0. The van der Waals surface area contributed by atoms with Crippen LogP contribution in [0.15, 0.2) is 55.8 Å². The van der Waals surface area contributed by atoms with Gasteiger partial charge in [-0.25, -0.2) is 0 Å². The van der Waals surface area contributed by atoms with Crippen molar-refractivity contribution in [2.24, 2.45) is 0 Å². The largest absolute Gasteiger partial charge is 0.392 e. The number of aliphatic hydroxyl groups excluding tert-OH is 1. The molecule has 1 heterocycles. The summed E-state index contributed by atoms with van der Waals surface area (Å²) in [7, 11) is 0. The van der Waals surface area contributed by atoms with E-state index in [1.807, 2.05) is 61.0 Å². The van der Waals surface area contributed by atoms with E-state index in [0.29, 0.717) is 5.57 Å². The molecule has 0 saturated heterocycles. The molecule has 0 aliphatic carbocycles. The predicted molar refractivity (Wildman–Crippen MR) is 83.3 cm³/mol. The predicted octanol–water partition coefficient (Wildman–Crippen LogP) is 4.15. The molecule has 0 aliphatic rings. The van der Waals surface area contributed by atoms with Gasteiger partial charge in [-0.2, -0.15) is 0 Å². The average molecular weight is 255 g/mol. The minimum atomic E-state index is -0.0420. The number of hydrogen-bond acceptors (Lipinski definition) is 1. The van der Waals surface area contributed by atoms with Crippen molar-refractivity contribution >= 4 is 11.6 Å². The molecule has 0 bridgehead atoms. The Morgan fingerprint density at radius 1 is 1.21 bits per heavy atom. The van der Waals surface area contributed by atoms with E-state index < -0.39 is 0 Å². The third-order valence-electron chi connectivity index (χ3n) is 2.73. The van der Waals surface area contributed by atoms with Crippen molar-refractivity contribution in [1.29, 1.82) is 0 Å². The molecular weight excluding hydrogens is 234 g/mol. The van der Waals surface area contributed by atoms with Crippen LogP contribution in [-0.4, -0.2) is 16.3 Å². The van der Waals surface area contributed by atoms with Crippen molar-refractivity contribution in [3.8, 4) is 5.69 Å². The number of aliphatic hydroxyl groups is 1. The second-order valence-electron chi connectivity index (χ2n) is 3.79. The van der Waals surface area contributed by atoms with Crippen molar-refractivity contribution in [3.05, 3.63) is 67.0 Å². The minimum Gasteiger partial charge on any atom is -0.392 e. The normalized spacial score (nSPS) is 9.42. The molecule has 1 aromatic heterocycles. The fourth-order valence-electron chi connectivity index (χ4n) is 1.85. The molecule has 100 valence electrons. The topological polar surface area (TPSA) is 25.2 Å². The second kappa shape index (κ2) is 7.39. The highest BCUT2D eigenvalue weighted by molar-refractivity contribution is 5.73. The fourth-order valence-corrected chi connectivity index (χ4v) is 1.85. The number of aromatic nitrogens is 1. The summed E-state index contributed by atoms with van der Waals surface area (Å²) in [6.07, 6.45) is 3.74. The SMILES string of the molecule is C=Cc1c(C(=C)CO)ccn1-c1ccccc1.CC. The van der Waals surface area contributed by atoms with Gasteiger partial charge in [-0.15, -0.1) is 0 Å². The molecule has 0 saturated carbocycles. The van der Waals surface area contributed by atoms with Gasteiger partial charge in [-0.1, -0.05) is 45.2 Å². The van der Waals surface area contributed by atoms with Crippen LogP contribution in [0.1, 0.15) is 25.1 Å². The zero-order valence-electron chi connectivity index (χ0n) is 11.6. The second-order valence-corrected chi connectivity index (χ2v) is 3.79. The number of rotatable bonds is 4. The zero-order valence-corrected chi connectivity index (χ0v) is 11.6. The lowest BCUT2D eigenvalue weighted by Gasteiger charge is -2.08. The van der Waals surface area contributed by atoms with Crippen LogP contribution in [0.4, 0.5) is 0 Å². The Balaban J connectivity index is 0.000000861. The molecule has 0 aliphatic heterocycles. The molecule has 2 aromatic rings. The maximum Gasteiger partial charge on any atom is 0.0682 e. The first-order valence-corrected chi connectivity index (χ1v) is 6.46. The van der Waals surface area contributed by atoms with Crippen molar-refractivity contribution in [2.75, 3.05) is 6.61 Å².